The van der Waals surface area contributed by atoms with Crippen LogP contribution in [0.3, 0.4) is 0 Å². The molecule has 0 spiro atoms. The first kappa shape index (κ1) is 10.1. The average molecular weight is 176 g/mol. The summed E-state index contributed by atoms with van der Waals surface area (Å²) >= 11 is 0. The molecule has 0 fully saturated rings. The third-order valence-corrected chi connectivity index (χ3v) is 2.15. The highest BCUT2D eigenvalue weighted by Gasteiger charge is 2.12. The van der Waals surface area contributed by atoms with Gasteiger partial charge in [-0.15, -0.1) is 0 Å². The van der Waals surface area contributed by atoms with Crippen molar-refractivity contribution in [1.82, 2.24) is 4.98 Å². The van der Waals surface area contributed by atoms with Gasteiger partial charge >= 0.3 is 0 Å². The number of hydrogen-bond acceptors (Lipinski definition) is 3. The number of rotatable bonds is 2. The summed E-state index contributed by atoms with van der Waals surface area (Å²) in [4.78, 5) is 4.05. The van der Waals surface area contributed by atoms with Gasteiger partial charge in [0.25, 0.3) is 0 Å². The second-order valence-electron chi connectivity index (χ2n) is 3.00. The smallest absolute Gasteiger partial charge is 0.116 e. The van der Waals surface area contributed by atoms with Gasteiger partial charge in [0, 0.05) is 12.8 Å². The van der Waals surface area contributed by atoms with E-state index in [2.05, 4.69) is 4.98 Å². The number of aromatic nitrogens is 1. The predicted octanol–water partition coefficient (Wildman–Crippen LogP) is 0.473. The van der Waals surface area contributed by atoms with Crippen molar-refractivity contribution in [3.63, 3.8) is 0 Å². The Morgan fingerprint density at radius 3 is 2.77 bits per heavy atom. The van der Waals surface area contributed by atoms with Crippen molar-refractivity contribution in [3.05, 3.63) is 17.5 Å². The quantitative estimate of drug-likeness (QED) is 0.666. The Morgan fingerprint density at radius 2 is 2.23 bits per heavy atom. The Bertz CT molecular complexity index is 315. The van der Waals surface area contributed by atoms with E-state index in [0.717, 1.165) is 11.3 Å². The zero-order valence-corrected chi connectivity index (χ0v) is 8.16. The van der Waals surface area contributed by atoms with Gasteiger partial charge in [-0.1, -0.05) is 5.46 Å². The summed E-state index contributed by atoms with van der Waals surface area (Å²) in [6.07, 6.45) is 1.51. The zero-order valence-electron chi connectivity index (χ0n) is 8.16. The first-order chi connectivity index (χ1) is 6.07. The maximum Gasteiger partial charge on any atom is 0.116 e. The lowest BCUT2D eigenvalue weighted by atomic mass is 9.86. The summed E-state index contributed by atoms with van der Waals surface area (Å²) in [5, 5.41) is 0. The van der Waals surface area contributed by atoms with E-state index in [-0.39, 0.29) is 6.10 Å². The van der Waals surface area contributed by atoms with Gasteiger partial charge < -0.3 is 10.5 Å². The van der Waals surface area contributed by atoms with Crippen LogP contribution in [0.2, 0.25) is 0 Å². The number of nitrogens with two attached hydrogens (primary N) is 1. The van der Waals surface area contributed by atoms with Crippen molar-refractivity contribution in [3.8, 4) is 0 Å². The van der Waals surface area contributed by atoms with E-state index in [1.165, 1.54) is 0 Å². The van der Waals surface area contributed by atoms with E-state index in [1.807, 2.05) is 13.8 Å². The Kier molecular flexibility index (Phi) is 2.93. The summed E-state index contributed by atoms with van der Waals surface area (Å²) in [7, 11) is 7.46. The molecule has 0 aliphatic carbocycles. The highest BCUT2D eigenvalue weighted by atomic mass is 16.5. The number of methoxy groups -OCH3 is 1. The van der Waals surface area contributed by atoms with Gasteiger partial charge in [-0.2, -0.15) is 0 Å². The fourth-order valence-electron chi connectivity index (χ4n) is 1.23. The Balaban J connectivity index is 3.25. The summed E-state index contributed by atoms with van der Waals surface area (Å²) in [5.74, 6) is 0. The molecule has 0 amide bonds. The van der Waals surface area contributed by atoms with Crippen LogP contribution in [0.4, 0.5) is 5.69 Å². The molecular formula is C9H13BN2O. The minimum Gasteiger partial charge on any atom is -0.397 e. The second kappa shape index (κ2) is 3.79. The summed E-state index contributed by atoms with van der Waals surface area (Å²) in [5.41, 5.74) is 8.56. The monoisotopic (exact) mass is 176 g/mol. The Morgan fingerprint density at radius 1 is 1.62 bits per heavy atom. The SMILES string of the molecule is [B]c1c(C)ncc(N)c1C(C)OC. The summed E-state index contributed by atoms with van der Waals surface area (Å²) in [6, 6.07) is 0. The van der Waals surface area contributed by atoms with Gasteiger partial charge in [0.15, 0.2) is 0 Å². The highest BCUT2D eigenvalue weighted by Crippen LogP contribution is 2.19. The fourth-order valence-corrected chi connectivity index (χ4v) is 1.23. The van der Waals surface area contributed by atoms with Gasteiger partial charge in [0.05, 0.1) is 18.0 Å². The third-order valence-electron chi connectivity index (χ3n) is 2.15. The van der Waals surface area contributed by atoms with Crippen LogP contribution in [0.15, 0.2) is 6.20 Å². The maximum absolute atomic E-state index is 5.84. The predicted molar refractivity (Wildman–Crippen MR) is 54.2 cm³/mol. The molecule has 1 aromatic rings. The Labute approximate surface area is 79.7 Å². The molecule has 2 N–H and O–H groups in total. The largest absolute Gasteiger partial charge is 0.397 e. The number of ether oxygens (including phenoxy) is 1. The Hall–Kier alpha value is -1.03. The molecule has 1 aromatic heterocycles. The van der Waals surface area contributed by atoms with Crippen molar-refractivity contribution in [1.29, 1.82) is 0 Å². The number of nitrogen functional groups attached to an aromatic ring is 1. The average Bonchev–Trinajstić information content (AvgIpc) is 2.12. The van der Waals surface area contributed by atoms with Gasteiger partial charge in [-0.05, 0) is 19.4 Å². The molecular weight excluding hydrogens is 163 g/mol. The first-order valence-electron chi connectivity index (χ1n) is 4.11. The maximum atomic E-state index is 5.84. The van der Waals surface area contributed by atoms with Crippen molar-refractivity contribution < 1.29 is 4.74 Å². The van der Waals surface area contributed by atoms with Crippen LogP contribution in [-0.4, -0.2) is 19.9 Å². The third kappa shape index (κ3) is 1.83. The van der Waals surface area contributed by atoms with Crippen molar-refractivity contribution >= 4 is 19.0 Å². The van der Waals surface area contributed by atoms with E-state index in [1.54, 1.807) is 13.3 Å². The van der Waals surface area contributed by atoms with Crippen LogP contribution < -0.4 is 11.2 Å². The van der Waals surface area contributed by atoms with Gasteiger partial charge in [0.1, 0.15) is 7.85 Å². The van der Waals surface area contributed by atoms with Crippen molar-refractivity contribution in [2.45, 2.75) is 20.0 Å². The van der Waals surface area contributed by atoms with Crippen molar-refractivity contribution in [2.75, 3.05) is 12.8 Å². The summed E-state index contributed by atoms with van der Waals surface area (Å²) in [6.45, 7) is 3.75. The number of pyridine rings is 1. The van der Waals surface area contributed by atoms with Crippen LogP contribution in [0.25, 0.3) is 0 Å². The number of nitrogens with zero attached hydrogens (tertiary/aromatic N) is 1. The second-order valence-corrected chi connectivity index (χ2v) is 3.00. The molecule has 0 saturated heterocycles. The zero-order chi connectivity index (χ0) is 10.0. The van der Waals surface area contributed by atoms with Gasteiger partial charge in [-0.25, -0.2) is 0 Å². The highest BCUT2D eigenvalue weighted by molar-refractivity contribution is 6.34. The molecule has 0 saturated carbocycles. The molecule has 1 atom stereocenters. The molecule has 4 heteroatoms. The van der Waals surface area contributed by atoms with E-state index >= 15 is 0 Å². The van der Waals surface area contributed by atoms with Crippen molar-refractivity contribution in [2.24, 2.45) is 0 Å². The number of anilines is 1. The van der Waals surface area contributed by atoms with E-state index < -0.39 is 0 Å². The lowest BCUT2D eigenvalue weighted by Crippen LogP contribution is -2.21. The molecule has 1 unspecified atom stereocenters. The lowest BCUT2D eigenvalue weighted by molar-refractivity contribution is 0.121. The lowest BCUT2D eigenvalue weighted by Gasteiger charge is -2.16. The molecule has 1 heterocycles. The standard InChI is InChI=1S/C9H13BN2O/c1-5-9(10)8(6(2)13-3)7(11)4-12-5/h4,6H,11H2,1-3H3. The molecule has 2 radical (unpaired) electrons. The van der Waals surface area contributed by atoms with Gasteiger partial charge in [-0.3, -0.25) is 4.98 Å². The van der Waals surface area contributed by atoms with Crippen LogP contribution in [-0.2, 0) is 4.74 Å². The van der Waals surface area contributed by atoms with E-state index in [4.69, 9.17) is 18.3 Å². The molecule has 0 aromatic carbocycles. The summed E-state index contributed by atoms with van der Waals surface area (Å²) < 4.78 is 5.17. The molecule has 3 nitrogen and oxygen atoms in total. The minimum absolute atomic E-state index is 0.0956. The van der Waals surface area contributed by atoms with Crippen LogP contribution in [0.5, 0.6) is 0 Å². The normalized spacial score (nSPS) is 12.8. The topological polar surface area (TPSA) is 48.1 Å². The molecule has 68 valence electrons. The van der Waals surface area contributed by atoms with Crippen LogP contribution in [0.1, 0.15) is 24.3 Å². The molecule has 13 heavy (non-hydrogen) atoms. The van der Waals surface area contributed by atoms with Gasteiger partial charge in [0.2, 0.25) is 0 Å². The van der Waals surface area contributed by atoms with E-state index in [0.29, 0.717) is 11.2 Å². The minimum atomic E-state index is -0.0956. The fraction of sp³-hybridized carbons (Fsp3) is 0.444. The van der Waals surface area contributed by atoms with Crippen LogP contribution in [0, 0.1) is 6.92 Å². The molecule has 1 rings (SSSR count). The van der Waals surface area contributed by atoms with Crippen LogP contribution >= 0.6 is 0 Å². The molecule has 0 bridgehead atoms. The molecule has 0 aliphatic heterocycles. The molecule has 0 aliphatic rings. The first-order valence-corrected chi connectivity index (χ1v) is 4.11. The van der Waals surface area contributed by atoms with E-state index in [9.17, 15) is 0 Å². The number of aryl methyl sites for hydroxylation is 1. The number of hydrogen-bond donors (Lipinski definition) is 1.